The van der Waals surface area contributed by atoms with Crippen LogP contribution >= 0.6 is 0 Å². The molecule has 1 aliphatic rings. The predicted octanol–water partition coefficient (Wildman–Crippen LogP) is 4.75. The molecular formula is C23H37NO5. The molecule has 1 heterocycles. The average molecular weight is 408 g/mol. The number of aliphatic hydroxyl groups is 1. The van der Waals surface area contributed by atoms with Crippen molar-refractivity contribution in [2.24, 2.45) is 11.3 Å². The van der Waals surface area contributed by atoms with Crippen LogP contribution in [-0.2, 0) is 9.47 Å². The van der Waals surface area contributed by atoms with Gasteiger partial charge in [-0.25, -0.2) is 9.78 Å². The summed E-state index contributed by atoms with van der Waals surface area (Å²) in [5.74, 6) is 0.186. The molecule has 0 radical (unpaired) electrons. The summed E-state index contributed by atoms with van der Waals surface area (Å²) in [6.45, 7) is 7.03. The second kappa shape index (κ2) is 11.5. The van der Waals surface area contributed by atoms with Crippen LogP contribution < -0.4 is 4.74 Å². The number of aliphatic hydroxyl groups excluding tert-OH is 1. The van der Waals surface area contributed by atoms with Gasteiger partial charge in [-0.05, 0) is 63.0 Å². The fourth-order valence-electron chi connectivity index (χ4n) is 3.87. The highest BCUT2D eigenvalue weighted by Crippen LogP contribution is 2.32. The summed E-state index contributed by atoms with van der Waals surface area (Å²) in [5.41, 5.74) is 0.496. The first-order valence-electron chi connectivity index (χ1n) is 10.8. The average Bonchev–Trinajstić information content (AvgIpc) is 3.24. The molecule has 0 amide bonds. The van der Waals surface area contributed by atoms with Crippen LogP contribution in [0.5, 0.6) is 5.88 Å². The number of aromatic nitrogens is 1. The number of ether oxygens (including phenoxy) is 3. The highest BCUT2D eigenvalue weighted by Gasteiger charge is 2.26. The number of carbonyl (C=O) groups is 1. The van der Waals surface area contributed by atoms with Gasteiger partial charge in [-0.3, -0.25) is 0 Å². The van der Waals surface area contributed by atoms with Crippen LogP contribution in [0.3, 0.4) is 0 Å². The third-order valence-electron chi connectivity index (χ3n) is 5.82. The Balaban J connectivity index is 1.68. The summed E-state index contributed by atoms with van der Waals surface area (Å²) in [5, 5.41) is 10.2. The van der Waals surface area contributed by atoms with Crippen molar-refractivity contribution in [1.82, 2.24) is 4.98 Å². The number of hydrogen-bond donors (Lipinski definition) is 1. The quantitative estimate of drug-likeness (QED) is 0.306. The highest BCUT2D eigenvalue weighted by molar-refractivity contribution is 5.91. The fourth-order valence-corrected chi connectivity index (χ4v) is 3.87. The van der Waals surface area contributed by atoms with Gasteiger partial charge in [0.15, 0.2) is 6.29 Å². The van der Waals surface area contributed by atoms with Crippen LogP contribution in [0.1, 0.15) is 82.5 Å². The second-order valence-electron chi connectivity index (χ2n) is 8.88. The van der Waals surface area contributed by atoms with Crippen molar-refractivity contribution < 1.29 is 24.1 Å². The zero-order chi connectivity index (χ0) is 21.3. The zero-order valence-electron chi connectivity index (χ0n) is 18.4. The number of hydrogen-bond acceptors (Lipinski definition) is 6. The molecule has 1 N–H and O–H groups in total. The Morgan fingerprint density at radius 3 is 2.72 bits per heavy atom. The highest BCUT2D eigenvalue weighted by atomic mass is 16.6. The topological polar surface area (TPSA) is 77.9 Å². The number of rotatable bonds is 12. The van der Waals surface area contributed by atoms with E-state index in [0.29, 0.717) is 24.0 Å². The molecule has 29 heavy (non-hydrogen) atoms. The number of pyridine rings is 1. The number of esters is 1. The third-order valence-corrected chi connectivity index (χ3v) is 5.82. The van der Waals surface area contributed by atoms with Gasteiger partial charge in [-0.2, -0.15) is 0 Å². The lowest BCUT2D eigenvalue weighted by molar-refractivity contribution is -0.162. The van der Waals surface area contributed by atoms with Crippen molar-refractivity contribution >= 4 is 5.97 Å². The standard InChI is InChI=1S/C23H37NO5/c1-17(29-21(25)18-9-5-6-10-18)12-14-23(2,3)13-8-16-28-20-19(22(26)27-4)11-7-15-24-20/h7,11,15,17-18,21,25H,5-6,8-10,12-14,16H2,1-4H3/t17?,21-/m1/s1. The van der Waals surface area contributed by atoms with Crippen LogP contribution in [0.2, 0.25) is 0 Å². The van der Waals surface area contributed by atoms with E-state index in [4.69, 9.17) is 14.2 Å². The molecule has 1 fully saturated rings. The SMILES string of the molecule is COC(=O)c1cccnc1OCCCC(C)(C)CCC(C)O[C@@H](O)C1CCCC1. The lowest BCUT2D eigenvalue weighted by Crippen LogP contribution is -2.27. The van der Waals surface area contributed by atoms with Gasteiger partial charge >= 0.3 is 5.97 Å². The van der Waals surface area contributed by atoms with Crippen LogP contribution in [0.4, 0.5) is 0 Å². The van der Waals surface area contributed by atoms with Crippen molar-refractivity contribution in [3.63, 3.8) is 0 Å². The maximum atomic E-state index is 11.8. The third kappa shape index (κ3) is 7.94. The molecule has 1 aromatic heterocycles. The Hall–Kier alpha value is -1.66. The smallest absolute Gasteiger partial charge is 0.343 e. The van der Waals surface area contributed by atoms with E-state index in [-0.39, 0.29) is 11.5 Å². The lowest BCUT2D eigenvalue weighted by atomic mass is 9.82. The number of carbonyl (C=O) groups excluding carboxylic acids is 1. The van der Waals surface area contributed by atoms with Crippen LogP contribution in [0.25, 0.3) is 0 Å². The minimum absolute atomic E-state index is 0.0530. The molecule has 6 heteroatoms. The first-order chi connectivity index (χ1) is 13.8. The summed E-state index contributed by atoms with van der Waals surface area (Å²) in [7, 11) is 1.35. The predicted molar refractivity (Wildman–Crippen MR) is 112 cm³/mol. The van der Waals surface area contributed by atoms with Gasteiger partial charge in [0.2, 0.25) is 5.88 Å². The van der Waals surface area contributed by atoms with Gasteiger partial charge in [0.05, 0.1) is 19.8 Å². The molecule has 0 saturated heterocycles. The van der Waals surface area contributed by atoms with Gasteiger partial charge in [0.25, 0.3) is 0 Å². The minimum atomic E-state index is -0.619. The molecule has 2 rings (SSSR count). The van der Waals surface area contributed by atoms with Gasteiger partial charge in [0, 0.05) is 12.1 Å². The Morgan fingerprint density at radius 1 is 1.31 bits per heavy atom. The lowest BCUT2D eigenvalue weighted by Gasteiger charge is -2.28. The first-order valence-corrected chi connectivity index (χ1v) is 10.8. The summed E-state index contributed by atoms with van der Waals surface area (Å²) in [6.07, 6.45) is 9.39. The van der Waals surface area contributed by atoms with Crippen molar-refractivity contribution in [2.75, 3.05) is 13.7 Å². The summed E-state index contributed by atoms with van der Waals surface area (Å²) in [6, 6.07) is 3.34. The van der Waals surface area contributed by atoms with Gasteiger partial charge < -0.3 is 19.3 Å². The van der Waals surface area contributed by atoms with Crippen LogP contribution in [-0.4, -0.2) is 42.2 Å². The van der Waals surface area contributed by atoms with Crippen molar-refractivity contribution in [2.45, 2.75) is 84.5 Å². The normalized spacial score (nSPS) is 17.1. The van der Waals surface area contributed by atoms with E-state index < -0.39 is 12.3 Å². The second-order valence-corrected chi connectivity index (χ2v) is 8.88. The zero-order valence-corrected chi connectivity index (χ0v) is 18.4. The molecular weight excluding hydrogens is 370 g/mol. The fraction of sp³-hybridized carbons (Fsp3) is 0.739. The van der Waals surface area contributed by atoms with Crippen molar-refractivity contribution in [3.8, 4) is 5.88 Å². The van der Waals surface area contributed by atoms with Crippen molar-refractivity contribution in [1.29, 1.82) is 0 Å². The van der Waals surface area contributed by atoms with E-state index in [1.807, 2.05) is 6.92 Å². The molecule has 1 unspecified atom stereocenters. The van der Waals surface area contributed by atoms with E-state index in [1.165, 1.54) is 20.0 Å². The molecule has 0 bridgehead atoms. The van der Waals surface area contributed by atoms with E-state index >= 15 is 0 Å². The Morgan fingerprint density at radius 2 is 2.03 bits per heavy atom. The van der Waals surface area contributed by atoms with Crippen molar-refractivity contribution in [3.05, 3.63) is 23.9 Å². The maximum absolute atomic E-state index is 11.8. The van der Waals surface area contributed by atoms with E-state index in [2.05, 4.69) is 18.8 Å². The Kier molecular flexibility index (Phi) is 9.37. The molecule has 0 spiro atoms. The number of nitrogens with zero attached hydrogens (tertiary/aromatic N) is 1. The van der Waals surface area contributed by atoms with Gasteiger partial charge in [-0.15, -0.1) is 0 Å². The molecule has 1 saturated carbocycles. The van der Waals surface area contributed by atoms with E-state index in [9.17, 15) is 9.90 Å². The molecule has 6 nitrogen and oxygen atoms in total. The van der Waals surface area contributed by atoms with Gasteiger partial charge in [0.1, 0.15) is 5.56 Å². The molecule has 2 atom stereocenters. The van der Waals surface area contributed by atoms with Crippen LogP contribution in [0, 0.1) is 11.3 Å². The molecule has 1 aliphatic carbocycles. The Bertz CT molecular complexity index is 627. The monoisotopic (exact) mass is 407 g/mol. The minimum Gasteiger partial charge on any atom is -0.477 e. The van der Waals surface area contributed by atoms with Gasteiger partial charge in [-0.1, -0.05) is 26.7 Å². The van der Waals surface area contributed by atoms with E-state index in [0.717, 1.165) is 38.5 Å². The molecule has 1 aromatic rings. The van der Waals surface area contributed by atoms with Crippen LogP contribution in [0.15, 0.2) is 18.3 Å². The maximum Gasteiger partial charge on any atom is 0.343 e. The molecule has 0 aliphatic heterocycles. The first kappa shape index (κ1) is 23.6. The summed E-state index contributed by atoms with van der Waals surface area (Å²) < 4.78 is 16.3. The summed E-state index contributed by atoms with van der Waals surface area (Å²) in [4.78, 5) is 15.9. The molecule has 164 valence electrons. The summed E-state index contributed by atoms with van der Waals surface area (Å²) >= 11 is 0. The van der Waals surface area contributed by atoms with E-state index in [1.54, 1.807) is 18.3 Å². The Labute approximate surface area is 175 Å². The largest absolute Gasteiger partial charge is 0.477 e. The molecule has 0 aromatic carbocycles. The number of methoxy groups -OCH3 is 1.